The number of rotatable bonds is 12. The molecule has 0 fully saturated rings. The first-order valence-electron chi connectivity index (χ1n) is 13.0. The number of benzene rings is 4. The zero-order valence-electron chi connectivity index (χ0n) is 22.5. The van der Waals surface area contributed by atoms with Crippen LogP contribution in [-0.2, 0) is 9.53 Å². The minimum Gasteiger partial charge on any atom is -0.491 e. The van der Waals surface area contributed by atoms with E-state index in [1.807, 2.05) is 6.07 Å². The predicted octanol–water partition coefficient (Wildman–Crippen LogP) is 6.33. The summed E-state index contributed by atoms with van der Waals surface area (Å²) in [6.45, 7) is -0.188. The predicted molar refractivity (Wildman–Crippen MR) is 165 cm³/mol. The molecule has 4 rings (SSSR count). The van der Waals surface area contributed by atoms with Crippen LogP contribution in [0.3, 0.4) is 0 Å². The third kappa shape index (κ3) is 8.85. The normalized spacial score (nSPS) is 12.2. The Hall–Kier alpha value is -4.80. The molecule has 0 spiro atoms. The lowest BCUT2D eigenvalue weighted by Gasteiger charge is -2.27. The van der Waals surface area contributed by atoms with E-state index in [2.05, 4.69) is 26.6 Å². The number of para-hydroxylation sites is 4. The molecule has 2 amide bonds. The minimum absolute atomic E-state index is 0.0236. The highest BCUT2D eigenvalue weighted by atomic mass is 79.9. The summed E-state index contributed by atoms with van der Waals surface area (Å²) in [5.41, 5.74) is 7.83. The fourth-order valence-electron chi connectivity index (χ4n) is 3.93. The van der Waals surface area contributed by atoms with Crippen LogP contribution < -0.4 is 25.8 Å². The van der Waals surface area contributed by atoms with E-state index in [4.69, 9.17) is 19.9 Å². The fourth-order valence-corrected chi connectivity index (χ4v) is 4.20. The van der Waals surface area contributed by atoms with Gasteiger partial charge in [0.15, 0.2) is 12.2 Å². The number of hydrogen-bond acceptors (Lipinski definition) is 7. The van der Waals surface area contributed by atoms with Crippen molar-refractivity contribution in [1.29, 1.82) is 0 Å². The van der Waals surface area contributed by atoms with Crippen LogP contribution in [0, 0.1) is 0 Å². The van der Waals surface area contributed by atoms with Crippen LogP contribution in [0.4, 0.5) is 21.9 Å². The molecular formula is C32H30BrN3O6. The van der Waals surface area contributed by atoms with E-state index >= 15 is 0 Å². The smallest absolute Gasteiger partial charge is 0.412 e. The molecule has 0 aliphatic heterocycles. The molecular weight excluding hydrogens is 602 g/mol. The van der Waals surface area contributed by atoms with E-state index in [0.29, 0.717) is 34.1 Å². The van der Waals surface area contributed by atoms with Gasteiger partial charge >= 0.3 is 6.09 Å². The molecule has 0 aliphatic carbocycles. The molecule has 9 nitrogen and oxygen atoms in total. The summed E-state index contributed by atoms with van der Waals surface area (Å²) in [7, 11) is 0. The summed E-state index contributed by atoms with van der Waals surface area (Å²) in [4.78, 5) is 26.1. The number of aliphatic hydroxyl groups is 1. The van der Waals surface area contributed by atoms with Crippen molar-refractivity contribution < 1.29 is 28.9 Å². The number of nitrogens with two attached hydrogens (primary N) is 1. The van der Waals surface area contributed by atoms with Gasteiger partial charge in [-0.3, -0.25) is 10.1 Å². The van der Waals surface area contributed by atoms with Gasteiger partial charge in [0.05, 0.1) is 18.0 Å². The lowest BCUT2D eigenvalue weighted by Crippen LogP contribution is -2.30. The number of carbonyl (C=O) groups excluding carboxylic acids is 2. The molecule has 0 aliphatic rings. The summed E-state index contributed by atoms with van der Waals surface area (Å²) in [6.07, 6.45) is -0.0275. The van der Waals surface area contributed by atoms with Gasteiger partial charge in [-0.1, -0.05) is 64.5 Å². The van der Waals surface area contributed by atoms with E-state index < -0.39 is 24.2 Å². The Labute approximate surface area is 252 Å². The Morgan fingerprint density at radius 1 is 0.881 bits per heavy atom. The monoisotopic (exact) mass is 631 g/mol. The highest BCUT2D eigenvalue weighted by Crippen LogP contribution is 2.33. The van der Waals surface area contributed by atoms with Crippen LogP contribution in [0.25, 0.3) is 0 Å². The molecule has 0 bridgehead atoms. The maximum absolute atomic E-state index is 13.2. The highest BCUT2D eigenvalue weighted by molar-refractivity contribution is 9.10. The van der Waals surface area contributed by atoms with Crippen molar-refractivity contribution in [2.45, 2.75) is 12.2 Å². The summed E-state index contributed by atoms with van der Waals surface area (Å²) < 4.78 is 18.8. The third-order valence-electron chi connectivity index (χ3n) is 5.87. The van der Waals surface area contributed by atoms with Crippen molar-refractivity contribution in [3.63, 3.8) is 0 Å². The first-order chi connectivity index (χ1) is 20.4. The van der Waals surface area contributed by atoms with Crippen LogP contribution in [0.5, 0.6) is 11.5 Å². The molecule has 0 radical (unpaired) electrons. The van der Waals surface area contributed by atoms with E-state index in [1.54, 1.807) is 97.1 Å². The summed E-state index contributed by atoms with van der Waals surface area (Å²) >= 11 is 3.38. The summed E-state index contributed by atoms with van der Waals surface area (Å²) in [6, 6.07) is 29.8. The second-order valence-corrected chi connectivity index (χ2v) is 9.81. The summed E-state index contributed by atoms with van der Waals surface area (Å²) in [5.74, 6) is 0.401. The number of anilines is 3. The summed E-state index contributed by atoms with van der Waals surface area (Å²) in [5, 5.41) is 14.8. The maximum Gasteiger partial charge on any atom is 0.412 e. The molecule has 0 heterocycles. The van der Waals surface area contributed by atoms with Gasteiger partial charge in [0.2, 0.25) is 5.91 Å². The van der Waals surface area contributed by atoms with Gasteiger partial charge in [-0.25, -0.2) is 4.79 Å². The van der Waals surface area contributed by atoms with E-state index in [1.165, 1.54) is 12.2 Å². The van der Waals surface area contributed by atoms with Crippen molar-refractivity contribution in [3.05, 3.63) is 125 Å². The van der Waals surface area contributed by atoms with Gasteiger partial charge in [0.1, 0.15) is 18.1 Å². The van der Waals surface area contributed by atoms with Crippen molar-refractivity contribution in [2.24, 2.45) is 0 Å². The Morgan fingerprint density at radius 3 is 2.31 bits per heavy atom. The van der Waals surface area contributed by atoms with Gasteiger partial charge in [-0.2, -0.15) is 0 Å². The molecule has 42 heavy (non-hydrogen) atoms. The highest BCUT2D eigenvalue weighted by Gasteiger charge is 2.30. The maximum atomic E-state index is 13.2. The van der Waals surface area contributed by atoms with Crippen molar-refractivity contribution in [1.82, 2.24) is 0 Å². The second-order valence-electron chi connectivity index (χ2n) is 8.90. The number of ether oxygens (including phenoxy) is 3. The first-order valence-corrected chi connectivity index (χ1v) is 13.8. The van der Waals surface area contributed by atoms with Crippen molar-refractivity contribution >= 4 is 45.0 Å². The van der Waals surface area contributed by atoms with E-state index in [0.717, 1.165) is 4.47 Å². The van der Waals surface area contributed by atoms with Gasteiger partial charge in [-0.15, -0.1) is 0 Å². The molecule has 4 aromatic rings. The Bertz CT molecular complexity index is 1500. The van der Waals surface area contributed by atoms with Crippen molar-refractivity contribution in [3.8, 4) is 11.5 Å². The lowest BCUT2D eigenvalue weighted by atomic mass is 10.0. The number of amides is 2. The fraction of sp³-hybridized carbons (Fsp3) is 0.125. The minimum atomic E-state index is -1.08. The van der Waals surface area contributed by atoms with Gasteiger partial charge in [-0.05, 0) is 60.7 Å². The first kappa shape index (κ1) is 30.2. The number of carbonyl (C=O) groups is 2. The molecule has 0 saturated carbocycles. The van der Waals surface area contributed by atoms with Gasteiger partial charge < -0.3 is 30.4 Å². The SMILES string of the molecule is Nc1ccccc1NC(=O)/C=C/[C@H](Oc1ccccc1)[C@@H](OC(=O)Nc1ccc(Br)cc1)c1ccccc1OCCO. The molecule has 0 aromatic heterocycles. The van der Waals surface area contributed by atoms with E-state index in [9.17, 15) is 14.7 Å². The number of nitrogen functional groups attached to an aromatic ring is 1. The molecule has 0 unspecified atom stereocenters. The van der Waals surface area contributed by atoms with Gasteiger partial charge in [0.25, 0.3) is 0 Å². The third-order valence-corrected chi connectivity index (χ3v) is 6.40. The quantitative estimate of drug-likeness (QED) is 0.106. The molecule has 4 aromatic carbocycles. The Morgan fingerprint density at radius 2 is 1.57 bits per heavy atom. The molecule has 10 heteroatoms. The Kier molecular flexibility index (Phi) is 11.0. The van der Waals surface area contributed by atoms with Crippen LogP contribution in [-0.4, -0.2) is 36.4 Å². The molecule has 216 valence electrons. The number of halogens is 1. The average molecular weight is 633 g/mol. The molecule has 0 saturated heterocycles. The lowest BCUT2D eigenvalue weighted by molar-refractivity contribution is -0.112. The molecule has 5 N–H and O–H groups in total. The average Bonchev–Trinajstić information content (AvgIpc) is 3.00. The zero-order valence-corrected chi connectivity index (χ0v) is 24.1. The van der Waals surface area contributed by atoms with Crippen LogP contribution in [0.15, 0.2) is 120 Å². The topological polar surface area (TPSA) is 132 Å². The van der Waals surface area contributed by atoms with E-state index in [-0.39, 0.29) is 13.2 Å². The number of hydrogen-bond donors (Lipinski definition) is 4. The standard InChI is InChI=1S/C32H30BrN3O6/c33-22-14-16-23(17-15-22)35-32(39)42-31(25-10-4-7-13-28(25)40-21-20-37)29(41-24-8-2-1-3-9-24)18-19-30(38)36-27-12-6-5-11-26(27)34/h1-19,29,31,37H,20-21,34H2,(H,35,39)(H,36,38)/b19-18+/t29-,31-/m0/s1. The number of aliphatic hydroxyl groups excluding tert-OH is 1. The van der Waals surface area contributed by atoms with Gasteiger partial charge in [0, 0.05) is 21.8 Å². The number of nitrogens with one attached hydrogen (secondary N) is 2. The second kappa shape index (κ2) is 15.3. The zero-order chi connectivity index (χ0) is 29.7. The van der Waals surface area contributed by atoms with Crippen molar-refractivity contribution in [2.75, 3.05) is 29.6 Å². The largest absolute Gasteiger partial charge is 0.491 e. The van der Waals surface area contributed by atoms with Crippen LogP contribution in [0.1, 0.15) is 11.7 Å². The van der Waals surface area contributed by atoms with Crippen LogP contribution in [0.2, 0.25) is 0 Å². The Balaban J connectivity index is 1.68. The van der Waals surface area contributed by atoms with Crippen LogP contribution >= 0.6 is 15.9 Å². The molecule has 2 atom stereocenters.